The second kappa shape index (κ2) is 6.28. The maximum absolute atomic E-state index is 11.6. The summed E-state index contributed by atoms with van der Waals surface area (Å²) in [5, 5.41) is 1.25. The van der Waals surface area contributed by atoms with Gasteiger partial charge in [-0.05, 0) is 17.5 Å². The lowest BCUT2D eigenvalue weighted by molar-refractivity contribution is -0.167. The standard InChI is InChI=1S/C13H19NO2/c1-4-5-11-6-8-12(9-7-11)10-13(15)14(2)16-3/h6-9H,4-5,10H2,1-3H3. The molecule has 1 amide bonds. The van der Waals surface area contributed by atoms with Crippen LogP contribution in [0.2, 0.25) is 0 Å². The smallest absolute Gasteiger partial charge is 0.250 e. The van der Waals surface area contributed by atoms with Crippen molar-refractivity contribution >= 4 is 5.91 Å². The maximum atomic E-state index is 11.6. The summed E-state index contributed by atoms with van der Waals surface area (Å²) in [6.07, 6.45) is 2.62. The molecule has 0 bridgehead atoms. The van der Waals surface area contributed by atoms with E-state index in [4.69, 9.17) is 4.84 Å². The zero-order valence-corrected chi connectivity index (χ0v) is 10.2. The molecule has 0 atom stereocenters. The van der Waals surface area contributed by atoms with Crippen molar-refractivity contribution in [2.24, 2.45) is 0 Å². The van der Waals surface area contributed by atoms with Crippen molar-refractivity contribution in [2.75, 3.05) is 14.2 Å². The quantitative estimate of drug-likeness (QED) is 0.713. The highest BCUT2D eigenvalue weighted by Crippen LogP contribution is 2.08. The van der Waals surface area contributed by atoms with Gasteiger partial charge in [0.1, 0.15) is 0 Å². The van der Waals surface area contributed by atoms with Crippen LogP contribution in [0.15, 0.2) is 24.3 Å². The van der Waals surface area contributed by atoms with E-state index in [2.05, 4.69) is 19.1 Å². The van der Waals surface area contributed by atoms with Gasteiger partial charge in [-0.25, -0.2) is 5.06 Å². The minimum absolute atomic E-state index is 0.0364. The largest absolute Gasteiger partial charge is 0.275 e. The highest BCUT2D eigenvalue weighted by atomic mass is 16.7. The van der Waals surface area contributed by atoms with Crippen LogP contribution >= 0.6 is 0 Å². The summed E-state index contributed by atoms with van der Waals surface area (Å²) >= 11 is 0. The van der Waals surface area contributed by atoms with Crippen LogP contribution in [-0.4, -0.2) is 25.1 Å². The highest BCUT2D eigenvalue weighted by molar-refractivity contribution is 5.77. The fraction of sp³-hybridized carbons (Fsp3) is 0.462. The minimum Gasteiger partial charge on any atom is -0.275 e. The Morgan fingerprint density at radius 3 is 2.31 bits per heavy atom. The van der Waals surface area contributed by atoms with E-state index in [0.717, 1.165) is 18.4 Å². The third kappa shape index (κ3) is 3.66. The molecule has 88 valence electrons. The van der Waals surface area contributed by atoms with Crippen molar-refractivity contribution in [1.29, 1.82) is 0 Å². The third-order valence-corrected chi connectivity index (χ3v) is 2.54. The molecule has 1 aromatic rings. The van der Waals surface area contributed by atoms with Gasteiger partial charge in [0, 0.05) is 7.05 Å². The highest BCUT2D eigenvalue weighted by Gasteiger charge is 2.08. The van der Waals surface area contributed by atoms with Crippen LogP contribution in [0.4, 0.5) is 0 Å². The van der Waals surface area contributed by atoms with Crippen LogP contribution in [0.25, 0.3) is 0 Å². The first-order valence-corrected chi connectivity index (χ1v) is 5.55. The maximum Gasteiger partial charge on any atom is 0.250 e. The van der Waals surface area contributed by atoms with E-state index in [1.807, 2.05) is 12.1 Å². The number of likely N-dealkylation sites (N-methyl/N-ethyl adjacent to an activating group) is 1. The molecule has 0 radical (unpaired) electrons. The van der Waals surface area contributed by atoms with Gasteiger partial charge in [0.2, 0.25) is 5.91 Å². The Labute approximate surface area is 97.0 Å². The molecule has 16 heavy (non-hydrogen) atoms. The molecule has 0 saturated heterocycles. The van der Waals surface area contributed by atoms with Crippen LogP contribution < -0.4 is 0 Å². The molecule has 0 unspecified atom stereocenters. The second-order valence-corrected chi connectivity index (χ2v) is 3.82. The molecular weight excluding hydrogens is 202 g/mol. The topological polar surface area (TPSA) is 29.5 Å². The molecule has 0 aliphatic rings. The number of hydrogen-bond acceptors (Lipinski definition) is 2. The van der Waals surface area contributed by atoms with Gasteiger partial charge in [0.05, 0.1) is 13.5 Å². The molecule has 0 spiro atoms. The summed E-state index contributed by atoms with van der Waals surface area (Å²) in [6, 6.07) is 8.18. The predicted molar refractivity (Wildman–Crippen MR) is 63.9 cm³/mol. The zero-order valence-electron chi connectivity index (χ0n) is 10.2. The molecule has 0 aliphatic heterocycles. The second-order valence-electron chi connectivity index (χ2n) is 3.82. The summed E-state index contributed by atoms with van der Waals surface area (Å²) < 4.78 is 0. The monoisotopic (exact) mass is 221 g/mol. The first-order chi connectivity index (χ1) is 7.67. The Kier molecular flexibility index (Phi) is 4.99. The van der Waals surface area contributed by atoms with E-state index in [1.54, 1.807) is 7.05 Å². The van der Waals surface area contributed by atoms with E-state index >= 15 is 0 Å². The van der Waals surface area contributed by atoms with Gasteiger partial charge in [-0.15, -0.1) is 0 Å². The molecule has 0 aliphatic carbocycles. The Hall–Kier alpha value is -1.35. The van der Waals surface area contributed by atoms with Crippen LogP contribution in [0.3, 0.4) is 0 Å². The molecule has 3 heteroatoms. The van der Waals surface area contributed by atoms with Gasteiger partial charge >= 0.3 is 0 Å². The summed E-state index contributed by atoms with van der Waals surface area (Å²) in [5.74, 6) is -0.0364. The van der Waals surface area contributed by atoms with E-state index in [9.17, 15) is 4.79 Å². The number of hydrogen-bond donors (Lipinski definition) is 0. The van der Waals surface area contributed by atoms with Gasteiger partial charge in [0.15, 0.2) is 0 Å². The summed E-state index contributed by atoms with van der Waals surface area (Å²) in [4.78, 5) is 16.4. The van der Waals surface area contributed by atoms with E-state index in [-0.39, 0.29) is 5.91 Å². The number of benzene rings is 1. The van der Waals surface area contributed by atoms with Gasteiger partial charge in [-0.2, -0.15) is 0 Å². The Balaban J connectivity index is 2.58. The van der Waals surface area contributed by atoms with Crippen LogP contribution in [0, 0.1) is 0 Å². The van der Waals surface area contributed by atoms with E-state index in [1.165, 1.54) is 17.7 Å². The van der Waals surface area contributed by atoms with E-state index in [0.29, 0.717) is 6.42 Å². The fourth-order valence-electron chi connectivity index (χ4n) is 1.50. The van der Waals surface area contributed by atoms with Crippen LogP contribution in [0.5, 0.6) is 0 Å². The molecule has 1 aromatic carbocycles. The van der Waals surface area contributed by atoms with Gasteiger partial charge in [0.25, 0.3) is 0 Å². The number of nitrogens with zero attached hydrogens (tertiary/aromatic N) is 1. The third-order valence-electron chi connectivity index (χ3n) is 2.54. The number of hydroxylamine groups is 2. The fourth-order valence-corrected chi connectivity index (χ4v) is 1.50. The van der Waals surface area contributed by atoms with Gasteiger partial charge < -0.3 is 0 Å². The SMILES string of the molecule is CCCc1ccc(CC(=O)N(C)OC)cc1. The van der Waals surface area contributed by atoms with Crippen molar-refractivity contribution in [3.8, 4) is 0 Å². The zero-order chi connectivity index (χ0) is 12.0. The molecule has 0 aromatic heterocycles. The molecular formula is C13H19NO2. The van der Waals surface area contributed by atoms with Gasteiger partial charge in [-0.3, -0.25) is 9.63 Å². The Morgan fingerprint density at radius 1 is 1.25 bits per heavy atom. The molecule has 0 heterocycles. The minimum atomic E-state index is -0.0364. The van der Waals surface area contributed by atoms with Crippen molar-refractivity contribution in [1.82, 2.24) is 5.06 Å². The van der Waals surface area contributed by atoms with Crippen molar-refractivity contribution in [3.05, 3.63) is 35.4 Å². The number of aryl methyl sites for hydroxylation is 1. The van der Waals surface area contributed by atoms with Crippen molar-refractivity contribution in [2.45, 2.75) is 26.2 Å². The Bertz CT molecular complexity index is 332. The number of carbonyl (C=O) groups is 1. The van der Waals surface area contributed by atoms with Crippen molar-refractivity contribution < 1.29 is 9.63 Å². The summed E-state index contributed by atoms with van der Waals surface area (Å²) in [5.41, 5.74) is 2.34. The summed E-state index contributed by atoms with van der Waals surface area (Å²) in [6.45, 7) is 2.16. The first kappa shape index (κ1) is 12.7. The number of amides is 1. The average Bonchev–Trinajstić information content (AvgIpc) is 2.31. The molecule has 1 rings (SSSR count). The molecule has 3 nitrogen and oxygen atoms in total. The van der Waals surface area contributed by atoms with Crippen LogP contribution in [0.1, 0.15) is 24.5 Å². The Morgan fingerprint density at radius 2 is 1.81 bits per heavy atom. The van der Waals surface area contributed by atoms with Crippen LogP contribution in [-0.2, 0) is 22.5 Å². The number of carbonyl (C=O) groups excluding carboxylic acids is 1. The molecule has 0 N–H and O–H groups in total. The lowest BCUT2D eigenvalue weighted by Gasteiger charge is -2.13. The lowest BCUT2D eigenvalue weighted by Crippen LogP contribution is -2.26. The van der Waals surface area contributed by atoms with Gasteiger partial charge in [-0.1, -0.05) is 37.6 Å². The average molecular weight is 221 g/mol. The lowest BCUT2D eigenvalue weighted by atomic mass is 10.1. The van der Waals surface area contributed by atoms with Crippen molar-refractivity contribution in [3.63, 3.8) is 0 Å². The number of rotatable bonds is 5. The first-order valence-electron chi connectivity index (χ1n) is 5.55. The summed E-state index contributed by atoms with van der Waals surface area (Å²) in [7, 11) is 3.11. The van der Waals surface area contributed by atoms with E-state index < -0.39 is 0 Å². The predicted octanol–water partition coefficient (Wildman–Crippen LogP) is 2.20. The molecule has 0 saturated carbocycles. The molecule has 0 fully saturated rings. The normalized spacial score (nSPS) is 10.2.